The SMILES string of the molecule is B.S.[CH3][Pb]. The average Bonchev–Trinajstić information content (AvgIpc) is 1.00. The second-order valence-electron chi connectivity index (χ2n) is 0. The molecule has 0 aliphatic heterocycles. The molecule has 0 amide bonds. The van der Waals surface area contributed by atoms with Crippen molar-refractivity contribution in [3.63, 3.8) is 0 Å². The molecule has 0 aromatic heterocycles. The van der Waals surface area contributed by atoms with Crippen LogP contribution in [-0.2, 0) is 0 Å². The van der Waals surface area contributed by atoms with Crippen LogP contribution in [0.25, 0.3) is 0 Å². The third-order valence-electron chi connectivity index (χ3n) is 0. The van der Waals surface area contributed by atoms with Crippen molar-refractivity contribution in [2.75, 3.05) is 0 Å². The van der Waals surface area contributed by atoms with Gasteiger partial charge in [0.1, 0.15) is 0 Å². The molecule has 25 valence electrons. The zero-order valence-electron chi connectivity index (χ0n) is 2.00. The van der Waals surface area contributed by atoms with Crippen LogP contribution >= 0.6 is 13.5 Å². The van der Waals surface area contributed by atoms with E-state index in [2.05, 4.69) is 4.48 Å². The maximum absolute atomic E-state index is 2.14. The molecule has 0 fully saturated rings. The van der Waals surface area contributed by atoms with Gasteiger partial charge in [-0.25, -0.2) is 0 Å². The van der Waals surface area contributed by atoms with E-state index in [9.17, 15) is 0 Å². The Morgan fingerprint density at radius 1 is 1.25 bits per heavy atom. The Balaban J connectivity index is -0.00000000500. The van der Waals surface area contributed by atoms with Crippen molar-refractivity contribution < 1.29 is 0 Å². The zero-order chi connectivity index (χ0) is 2.00. The van der Waals surface area contributed by atoms with Crippen molar-refractivity contribution >= 4 is 47.7 Å². The van der Waals surface area contributed by atoms with Gasteiger partial charge in [-0.2, -0.15) is 13.5 Å². The molecule has 0 heterocycles. The fourth-order valence-corrected chi connectivity index (χ4v) is 0. The normalized spacial score (nSPS) is 1.50. The van der Waals surface area contributed by atoms with Crippen LogP contribution in [0, 0.1) is 0 Å². The molecule has 0 aliphatic carbocycles. The van der Waals surface area contributed by atoms with Gasteiger partial charge in [0, 0.05) is 0 Å². The van der Waals surface area contributed by atoms with Crippen LogP contribution in [0.15, 0.2) is 0 Å². The molecule has 0 aromatic carbocycles. The summed E-state index contributed by atoms with van der Waals surface area (Å²) in [5.41, 5.74) is 0. The Bertz CT molecular complexity index is 8.00. The molecule has 4 heavy (non-hydrogen) atoms. The molecule has 0 rings (SSSR count). The van der Waals surface area contributed by atoms with E-state index in [0.29, 0.717) is 0 Å². The van der Waals surface area contributed by atoms with Gasteiger partial charge in [0.2, 0.25) is 0 Å². The van der Waals surface area contributed by atoms with Gasteiger partial charge >= 0.3 is 30.3 Å². The van der Waals surface area contributed by atoms with Gasteiger partial charge in [0.25, 0.3) is 0 Å². The first-order chi connectivity index (χ1) is 1.00. The molecule has 0 aliphatic rings. The second kappa shape index (κ2) is 27.0. The predicted molar refractivity (Wildman–Crippen MR) is 31.9 cm³/mol. The number of rotatable bonds is 0. The summed E-state index contributed by atoms with van der Waals surface area (Å²) in [5.74, 6) is 0. The summed E-state index contributed by atoms with van der Waals surface area (Å²) in [4.78, 5) is 0. The monoisotopic (exact) mass is 271 g/mol. The molecule has 0 nitrogen and oxygen atoms in total. The number of hydrogen-bond acceptors (Lipinski definition) is 0. The minimum absolute atomic E-state index is 0. The summed E-state index contributed by atoms with van der Waals surface area (Å²) < 4.78 is 2.14. The van der Waals surface area contributed by atoms with Gasteiger partial charge < -0.3 is 0 Å². The summed E-state index contributed by atoms with van der Waals surface area (Å²) in [6.45, 7) is 0. The standard InChI is InChI=1S/CH3.BH3.Pb.H2S/h2*1H3;;1H2. The van der Waals surface area contributed by atoms with Crippen LogP contribution in [0.5, 0.6) is 0 Å². The fraction of sp³-hybridized carbons (Fsp3) is 1.00. The summed E-state index contributed by atoms with van der Waals surface area (Å²) >= 11 is 1.31. The molecular weight excluding hydrogens is 262 g/mol. The van der Waals surface area contributed by atoms with Gasteiger partial charge in [-0.05, 0) is 0 Å². The third-order valence-corrected chi connectivity index (χ3v) is 0. The van der Waals surface area contributed by atoms with Gasteiger partial charge in [-0.1, -0.05) is 0 Å². The molecule has 0 saturated carbocycles. The van der Waals surface area contributed by atoms with E-state index >= 15 is 0 Å². The van der Waals surface area contributed by atoms with Crippen LogP contribution < -0.4 is 0 Å². The van der Waals surface area contributed by atoms with Gasteiger partial charge in [0.05, 0.1) is 8.41 Å². The van der Waals surface area contributed by atoms with Crippen LogP contribution in [0.3, 0.4) is 0 Å². The molecule has 0 atom stereocenters. The minimum atomic E-state index is 0. The Labute approximate surface area is 52.1 Å². The van der Waals surface area contributed by atoms with Gasteiger partial charge in [0.15, 0.2) is 0 Å². The third kappa shape index (κ3) is 10.2. The molecule has 0 bridgehead atoms. The van der Waals surface area contributed by atoms with E-state index in [-0.39, 0.29) is 21.9 Å². The van der Waals surface area contributed by atoms with Crippen LogP contribution in [-0.4, -0.2) is 34.2 Å². The molecule has 0 aromatic rings. The van der Waals surface area contributed by atoms with E-state index in [1.807, 2.05) is 0 Å². The zero-order valence-corrected chi connectivity index (χ0v) is 6.89. The van der Waals surface area contributed by atoms with Crippen molar-refractivity contribution in [3.05, 3.63) is 0 Å². The topological polar surface area (TPSA) is 0 Å². The maximum atomic E-state index is 2.14. The van der Waals surface area contributed by atoms with E-state index in [4.69, 9.17) is 0 Å². The number of hydrogen-bond donors (Lipinski definition) is 0. The second-order valence-corrected chi connectivity index (χ2v) is 0. The predicted octanol–water partition coefficient (Wildman–Crippen LogP) is -0.868. The van der Waals surface area contributed by atoms with Crippen molar-refractivity contribution in [1.82, 2.24) is 0 Å². The first-order valence-electron chi connectivity index (χ1n) is 0.500. The Hall–Kier alpha value is 1.34. The van der Waals surface area contributed by atoms with E-state index < -0.39 is 0 Å². The van der Waals surface area contributed by atoms with Crippen LogP contribution in [0.1, 0.15) is 0 Å². The van der Waals surface area contributed by atoms with Crippen molar-refractivity contribution in [2.24, 2.45) is 0 Å². The van der Waals surface area contributed by atoms with E-state index in [1.54, 1.807) is 0 Å². The van der Waals surface area contributed by atoms with Crippen LogP contribution in [0.4, 0.5) is 0 Å². The summed E-state index contributed by atoms with van der Waals surface area (Å²) in [5, 5.41) is 0. The van der Waals surface area contributed by atoms with Gasteiger partial charge in [-0.15, -0.1) is 0 Å². The van der Waals surface area contributed by atoms with Crippen molar-refractivity contribution in [3.8, 4) is 0 Å². The first kappa shape index (κ1) is 18.4. The van der Waals surface area contributed by atoms with Crippen molar-refractivity contribution in [2.45, 2.75) is 4.48 Å². The first-order valence-corrected chi connectivity index (χ1v) is 4.39. The van der Waals surface area contributed by atoms with E-state index in [0.717, 1.165) is 0 Å². The molecule has 0 spiro atoms. The Kier molecular flexibility index (Phi) is 124. The molecule has 0 N–H and O–H groups in total. The quantitative estimate of drug-likeness (QED) is 0.502. The average molecular weight is 270 g/mol. The summed E-state index contributed by atoms with van der Waals surface area (Å²) in [6.07, 6.45) is 0. The van der Waals surface area contributed by atoms with Crippen molar-refractivity contribution in [1.29, 1.82) is 0 Å². The Morgan fingerprint density at radius 3 is 1.25 bits per heavy atom. The van der Waals surface area contributed by atoms with Gasteiger partial charge in [-0.3, -0.25) is 0 Å². The van der Waals surface area contributed by atoms with E-state index in [1.165, 1.54) is 25.8 Å². The summed E-state index contributed by atoms with van der Waals surface area (Å²) in [7, 11) is 0. The Morgan fingerprint density at radius 2 is 1.25 bits per heavy atom. The summed E-state index contributed by atoms with van der Waals surface area (Å²) in [6, 6.07) is 0. The molecule has 0 saturated heterocycles. The molecular formula is CH8BPbS. The molecule has 0 unspecified atom stereocenters. The molecule has 3 heteroatoms. The molecule has 3 radical (unpaired) electrons. The van der Waals surface area contributed by atoms with Crippen LogP contribution in [0.2, 0.25) is 4.48 Å². The fourth-order valence-electron chi connectivity index (χ4n) is 0.